The van der Waals surface area contributed by atoms with E-state index in [-0.39, 0.29) is 6.10 Å². The van der Waals surface area contributed by atoms with Crippen molar-refractivity contribution in [3.05, 3.63) is 0 Å². The molecule has 1 fully saturated rings. The third-order valence-electron chi connectivity index (χ3n) is 1.64. The quantitative estimate of drug-likeness (QED) is 0.631. The van der Waals surface area contributed by atoms with Gasteiger partial charge in [0.05, 0.1) is 5.25 Å². The Hall–Kier alpha value is 0.170. The van der Waals surface area contributed by atoms with Crippen molar-refractivity contribution in [2.24, 2.45) is 0 Å². The predicted octanol–water partition coefficient (Wildman–Crippen LogP) is 1.40. The average Bonchev–Trinajstić information content (AvgIpc) is 2.07. The van der Waals surface area contributed by atoms with Crippen LogP contribution in [0.3, 0.4) is 0 Å². The highest BCUT2D eigenvalue weighted by Crippen LogP contribution is 2.27. The van der Waals surface area contributed by atoms with Crippen molar-refractivity contribution >= 4 is 30.0 Å². The van der Waals surface area contributed by atoms with Crippen LogP contribution in [-0.4, -0.2) is 35.1 Å². The molecule has 0 saturated carbocycles. The first-order valence-corrected chi connectivity index (χ1v) is 5.83. The van der Waals surface area contributed by atoms with E-state index in [4.69, 9.17) is 4.74 Å². The van der Waals surface area contributed by atoms with Crippen LogP contribution < -0.4 is 0 Å². The summed E-state index contributed by atoms with van der Waals surface area (Å²) in [5, 5.41) is 0.499. The van der Waals surface area contributed by atoms with Crippen LogP contribution in [0.25, 0.3) is 0 Å². The van der Waals surface area contributed by atoms with Gasteiger partial charge >= 0.3 is 0 Å². The molecule has 0 aromatic carbocycles. The van der Waals surface area contributed by atoms with Crippen LogP contribution in [0.5, 0.6) is 0 Å². The summed E-state index contributed by atoms with van der Waals surface area (Å²) >= 11 is 3.85. The molecule has 0 radical (unpaired) electrons. The molecule has 4 heteroatoms. The molecule has 0 aromatic rings. The summed E-state index contributed by atoms with van der Waals surface area (Å²) in [6.45, 7) is 2.50. The van der Waals surface area contributed by atoms with Gasteiger partial charge < -0.3 is 4.74 Å². The van der Waals surface area contributed by atoms with Gasteiger partial charge in [-0.2, -0.15) is 23.5 Å². The SMILES string of the molecule is CC(OC=O)C1CSCCS1. The van der Waals surface area contributed by atoms with E-state index < -0.39 is 0 Å². The molecule has 0 aromatic heterocycles. The molecule has 1 aliphatic rings. The molecule has 0 bridgehead atoms. The van der Waals surface area contributed by atoms with Gasteiger partial charge in [-0.05, 0) is 6.92 Å². The maximum Gasteiger partial charge on any atom is 0.293 e. The molecule has 0 aliphatic carbocycles. The van der Waals surface area contributed by atoms with Crippen LogP contribution in [0.2, 0.25) is 0 Å². The molecule has 2 unspecified atom stereocenters. The lowest BCUT2D eigenvalue weighted by atomic mass is 10.3. The van der Waals surface area contributed by atoms with E-state index in [2.05, 4.69) is 0 Å². The van der Waals surface area contributed by atoms with Crippen LogP contribution >= 0.6 is 23.5 Å². The predicted molar refractivity (Wildman–Crippen MR) is 50.2 cm³/mol. The number of thioether (sulfide) groups is 2. The van der Waals surface area contributed by atoms with Crippen LogP contribution in [0.15, 0.2) is 0 Å². The Morgan fingerprint density at radius 2 is 2.45 bits per heavy atom. The number of carbonyl (C=O) groups is 1. The first kappa shape index (κ1) is 9.26. The van der Waals surface area contributed by atoms with Gasteiger partial charge in [-0.1, -0.05) is 0 Å². The highest BCUT2D eigenvalue weighted by Gasteiger charge is 2.21. The van der Waals surface area contributed by atoms with E-state index in [1.807, 2.05) is 30.4 Å². The van der Waals surface area contributed by atoms with Crippen molar-refractivity contribution in [2.45, 2.75) is 18.3 Å². The van der Waals surface area contributed by atoms with Gasteiger partial charge in [-0.3, -0.25) is 4.79 Å². The molecule has 1 heterocycles. The van der Waals surface area contributed by atoms with Crippen molar-refractivity contribution < 1.29 is 9.53 Å². The Morgan fingerprint density at radius 1 is 1.64 bits per heavy atom. The highest BCUT2D eigenvalue weighted by molar-refractivity contribution is 8.06. The summed E-state index contributed by atoms with van der Waals surface area (Å²) in [6, 6.07) is 0. The zero-order chi connectivity index (χ0) is 8.10. The fourth-order valence-corrected chi connectivity index (χ4v) is 3.79. The van der Waals surface area contributed by atoms with Crippen molar-refractivity contribution in [1.82, 2.24) is 0 Å². The van der Waals surface area contributed by atoms with Gasteiger partial charge in [0.1, 0.15) is 6.10 Å². The number of hydrogen-bond acceptors (Lipinski definition) is 4. The van der Waals surface area contributed by atoms with E-state index in [1.54, 1.807) is 0 Å². The molecule has 1 rings (SSSR count). The standard InChI is InChI=1S/C7H12O2S2/c1-6(9-5-8)7-4-10-2-3-11-7/h5-7H,2-4H2,1H3. The minimum atomic E-state index is 0.0744. The molecule has 11 heavy (non-hydrogen) atoms. The second-order valence-electron chi connectivity index (χ2n) is 2.42. The second-order valence-corrected chi connectivity index (χ2v) is 4.92. The summed E-state index contributed by atoms with van der Waals surface area (Å²) in [5.74, 6) is 3.52. The number of carbonyl (C=O) groups excluding carboxylic acids is 1. The molecular formula is C7H12O2S2. The second kappa shape index (κ2) is 4.93. The van der Waals surface area contributed by atoms with Gasteiger partial charge in [-0.15, -0.1) is 0 Å². The van der Waals surface area contributed by atoms with Crippen LogP contribution in [-0.2, 0) is 9.53 Å². The van der Waals surface area contributed by atoms with E-state index >= 15 is 0 Å². The largest absolute Gasteiger partial charge is 0.464 e. The molecule has 1 saturated heterocycles. The van der Waals surface area contributed by atoms with Crippen molar-refractivity contribution in [1.29, 1.82) is 0 Å². The van der Waals surface area contributed by atoms with Crippen LogP contribution in [0, 0.1) is 0 Å². The molecule has 0 amide bonds. The van der Waals surface area contributed by atoms with E-state index in [0.29, 0.717) is 11.7 Å². The minimum absolute atomic E-state index is 0.0744. The van der Waals surface area contributed by atoms with E-state index in [1.165, 1.54) is 11.5 Å². The van der Waals surface area contributed by atoms with E-state index in [0.717, 1.165) is 5.75 Å². The summed E-state index contributed by atoms with van der Waals surface area (Å²) in [6.07, 6.45) is 0.0744. The Labute approximate surface area is 75.4 Å². The summed E-state index contributed by atoms with van der Waals surface area (Å²) in [7, 11) is 0. The lowest BCUT2D eigenvalue weighted by molar-refractivity contribution is -0.132. The summed E-state index contributed by atoms with van der Waals surface area (Å²) < 4.78 is 4.87. The van der Waals surface area contributed by atoms with Gasteiger partial charge in [0, 0.05) is 17.3 Å². The lowest BCUT2D eigenvalue weighted by Gasteiger charge is -2.25. The molecule has 0 spiro atoms. The smallest absolute Gasteiger partial charge is 0.293 e. The van der Waals surface area contributed by atoms with Crippen molar-refractivity contribution in [3.63, 3.8) is 0 Å². The zero-order valence-electron chi connectivity index (χ0n) is 6.49. The zero-order valence-corrected chi connectivity index (χ0v) is 8.12. The van der Waals surface area contributed by atoms with E-state index in [9.17, 15) is 4.79 Å². The average molecular weight is 192 g/mol. The molecular weight excluding hydrogens is 180 g/mol. The first-order valence-electron chi connectivity index (χ1n) is 3.63. The van der Waals surface area contributed by atoms with Crippen molar-refractivity contribution in [3.8, 4) is 0 Å². The van der Waals surface area contributed by atoms with Crippen molar-refractivity contribution in [2.75, 3.05) is 17.3 Å². The topological polar surface area (TPSA) is 26.3 Å². The summed E-state index contributed by atoms with van der Waals surface area (Å²) in [4.78, 5) is 10.0. The van der Waals surface area contributed by atoms with Gasteiger partial charge in [0.25, 0.3) is 6.47 Å². The maximum atomic E-state index is 10.0. The van der Waals surface area contributed by atoms with Gasteiger partial charge in [0.2, 0.25) is 0 Å². The fraction of sp³-hybridized carbons (Fsp3) is 0.857. The Bertz CT molecular complexity index is 124. The third kappa shape index (κ3) is 2.95. The molecule has 0 N–H and O–H groups in total. The lowest BCUT2D eigenvalue weighted by Crippen LogP contribution is -2.28. The highest BCUT2D eigenvalue weighted by atomic mass is 32.2. The Kier molecular flexibility index (Phi) is 4.15. The Balaban J connectivity index is 2.26. The molecule has 1 aliphatic heterocycles. The fourth-order valence-electron chi connectivity index (χ4n) is 0.952. The summed E-state index contributed by atoms with van der Waals surface area (Å²) in [5.41, 5.74) is 0. The molecule has 2 nitrogen and oxygen atoms in total. The Morgan fingerprint density at radius 3 is 3.00 bits per heavy atom. The van der Waals surface area contributed by atoms with Crippen LogP contribution in [0.4, 0.5) is 0 Å². The first-order chi connectivity index (χ1) is 5.34. The monoisotopic (exact) mass is 192 g/mol. The minimum Gasteiger partial charge on any atom is -0.464 e. The number of ether oxygens (including phenoxy) is 1. The maximum absolute atomic E-state index is 10.0. The molecule has 64 valence electrons. The molecule has 2 atom stereocenters. The van der Waals surface area contributed by atoms with Gasteiger partial charge in [-0.25, -0.2) is 0 Å². The van der Waals surface area contributed by atoms with Crippen LogP contribution in [0.1, 0.15) is 6.92 Å². The van der Waals surface area contributed by atoms with Gasteiger partial charge in [0.15, 0.2) is 0 Å². The number of rotatable bonds is 3. The third-order valence-corrected chi connectivity index (χ3v) is 4.61. The normalized spacial score (nSPS) is 27.5. The number of hydrogen-bond donors (Lipinski definition) is 0.